The smallest absolute Gasteiger partial charge is 0.294 e. The summed E-state index contributed by atoms with van der Waals surface area (Å²) < 4.78 is 18.3. The molecule has 0 atom stereocenters. The monoisotopic (exact) mass is 453 g/mol. The number of amides is 3. The van der Waals surface area contributed by atoms with Crippen molar-refractivity contribution in [3.63, 3.8) is 0 Å². The van der Waals surface area contributed by atoms with Gasteiger partial charge in [-0.3, -0.25) is 19.3 Å². The van der Waals surface area contributed by atoms with Crippen LogP contribution in [0, 0.1) is 5.82 Å². The number of aromatic amines is 1. The number of methoxy groups -OCH3 is 1. The van der Waals surface area contributed by atoms with E-state index in [-0.39, 0.29) is 17.3 Å². The van der Waals surface area contributed by atoms with Crippen LogP contribution >= 0.6 is 11.8 Å². The van der Waals surface area contributed by atoms with Gasteiger partial charge in [-0.05, 0) is 59.7 Å². The van der Waals surface area contributed by atoms with Crippen molar-refractivity contribution in [2.45, 2.75) is 6.42 Å². The number of rotatable bonds is 7. The molecular formula is C23H20FN3O4S. The summed E-state index contributed by atoms with van der Waals surface area (Å²) in [6, 6.07) is 11.3. The summed E-state index contributed by atoms with van der Waals surface area (Å²) in [7, 11) is 1.61. The number of H-pyrrole nitrogens is 1. The van der Waals surface area contributed by atoms with Gasteiger partial charge in [0, 0.05) is 29.7 Å². The molecule has 9 heteroatoms. The van der Waals surface area contributed by atoms with Gasteiger partial charge in [-0.2, -0.15) is 0 Å². The number of halogens is 1. The van der Waals surface area contributed by atoms with Crippen LogP contribution < -0.4 is 10.1 Å². The zero-order valence-electron chi connectivity index (χ0n) is 17.2. The first-order valence-corrected chi connectivity index (χ1v) is 10.7. The number of hydrogen-bond donors (Lipinski definition) is 2. The molecule has 2 N–H and O–H groups in total. The number of carbonyl (C=O) groups is 3. The SMILES string of the molecule is COc1ccc2c(CCNC(=O)CN3C(=O)SC(=Cc4ccc(F)cc4)C3=O)c[nH]c2c1. The van der Waals surface area contributed by atoms with E-state index >= 15 is 0 Å². The van der Waals surface area contributed by atoms with E-state index in [2.05, 4.69) is 10.3 Å². The number of benzene rings is 2. The highest BCUT2D eigenvalue weighted by Crippen LogP contribution is 2.32. The standard InChI is InChI=1S/C23H20FN3O4S/c1-31-17-6-7-18-15(12-26-19(18)11-17)8-9-25-21(28)13-27-22(29)20(32-23(27)30)10-14-2-4-16(24)5-3-14/h2-7,10-12,26H,8-9,13H2,1H3,(H,25,28). The van der Waals surface area contributed by atoms with Crippen molar-refractivity contribution in [2.75, 3.05) is 20.2 Å². The molecule has 1 saturated heterocycles. The molecule has 2 heterocycles. The molecule has 1 aliphatic heterocycles. The van der Waals surface area contributed by atoms with Crippen molar-refractivity contribution in [3.05, 3.63) is 70.5 Å². The Morgan fingerprint density at radius 1 is 1.22 bits per heavy atom. The minimum absolute atomic E-state index is 0.198. The Labute approximate surface area is 187 Å². The summed E-state index contributed by atoms with van der Waals surface area (Å²) in [6.45, 7) is 0.00988. The van der Waals surface area contributed by atoms with Gasteiger partial charge in [-0.15, -0.1) is 0 Å². The third-order valence-electron chi connectivity index (χ3n) is 5.03. The largest absolute Gasteiger partial charge is 0.497 e. The predicted octanol–water partition coefficient (Wildman–Crippen LogP) is 3.71. The zero-order valence-corrected chi connectivity index (χ0v) is 18.0. The van der Waals surface area contributed by atoms with E-state index in [9.17, 15) is 18.8 Å². The molecule has 2 aromatic carbocycles. The molecule has 3 aromatic rings. The first-order valence-electron chi connectivity index (χ1n) is 9.86. The van der Waals surface area contributed by atoms with Crippen LogP contribution in [0.3, 0.4) is 0 Å². The Balaban J connectivity index is 1.32. The fourth-order valence-corrected chi connectivity index (χ4v) is 4.22. The molecule has 0 saturated carbocycles. The fraction of sp³-hybridized carbons (Fsp3) is 0.174. The van der Waals surface area contributed by atoms with Crippen molar-refractivity contribution in [1.82, 2.24) is 15.2 Å². The second-order valence-corrected chi connectivity index (χ2v) is 8.14. The number of fused-ring (bicyclic) bond motifs is 1. The van der Waals surface area contributed by atoms with Crippen LogP contribution in [-0.2, 0) is 16.0 Å². The summed E-state index contributed by atoms with van der Waals surface area (Å²) in [5.41, 5.74) is 2.57. The second-order valence-electron chi connectivity index (χ2n) is 7.14. The minimum atomic E-state index is -0.537. The number of ether oxygens (including phenoxy) is 1. The molecule has 164 valence electrons. The molecule has 32 heavy (non-hydrogen) atoms. The van der Waals surface area contributed by atoms with Crippen molar-refractivity contribution < 1.29 is 23.5 Å². The molecule has 7 nitrogen and oxygen atoms in total. The first-order chi connectivity index (χ1) is 15.4. The lowest BCUT2D eigenvalue weighted by Crippen LogP contribution is -2.40. The highest BCUT2D eigenvalue weighted by Gasteiger charge is 2.36. The lowest BCUT2D eigenvalue weighted by Gasteiger charge is -2.12. The summed E-state index contributed by atoms with van der Waals surface area (Å²) in [5.74, 6) is -0.592. The molecule has 1 aliphatic rings. The maximum atomic E-state index is 13.0. The van der Waals surface area contributed by atoms with Crippen LogP contribution in [0.25, 0.3) is 17.0 Å². The third kappa shape index (κ3) is 4.67. The molecule has 0 spiro atoms. The molecule has 0 aliphatic carbocycles. The van der Waals surface area contributed by atoms with E-state index in [1.165, 1.54) is 30.3 Å². The molecule has 4 rings (SSSR count). The van der Waals surface area contributed by atoms with Crippen LogP contribution in [-0.4, -0.2) is 47.1 Å². The van der Waals surface area contributed by atoms with Crippen LogP contribution in [0.5, 0.6) is 5.75 Å². The number of thioether (sulfide) groups is 1. The van der Waals surface area contributed by atoms with Crippen LogP contribution in [0.1, 0.15) is 11.1 Å². The van der Waals surface area contributed by atoms with Crippen molar-refractivity contribution in [2.24, 2.45) is 0 Å². The zero-order chi connectivity index (χ0) is 22.7. The van der Waals surface area contributed by atoms with Gasteiger partial charge >= 0.3 is 0 Å². The number of imide groups is 1. The summed E-state index contributed by atoms with van der Waals surface area (Å²) >= 11 is 0.759. The molecule has 0 bridgehead atoms. The number of nitrogens with zero attached hydrogens (tertiary/aromatic N) is 1. The number of aromatic nitrogens is 1. The van der Waals surface area contributed by atoms with Crippen LogP contribution in [0.15, 0.2) is 53.6 Å². The van der Waals surface area contributed by atoms with Crippen LogP contribution in [0.2, 0.25) is 0 Å². The number of carbonyl (C=O) groups excluding carboxylic acids is 3. The lowest BCUT2D eigenvalue weighted by atomic mass is 10.1. The average molecular weight is 453 g/mol. The average Bonchev–Trinajstić information content (AvgIpc) is 3.30. The van der Waals surface area contributed by atoms with Gasteiger partial charge in [0.2, 0.25) is 5.91 Å². The number of nitrogens with one attached hydrogen (secondary N) is 2. The third-order valence-corrected chi connectivity index (χ3v) is 5.94. The minimum Gasteiger partial charge on any atom is -0.497 e. The molecule has 0 radical (unpaired) electrons. The Hall–Kier alpha value is -3.59. The second kappa shape index (κ2) is 9.27. The van der Waals surface area contributed by atoms with Crippen molar-refractivity contribution in [1.29, 1.82) is 0 Å². The summed E-state index contributed by atoms with van der Waals surface area (Å²) in [5, 5.41) is 3.28. The van der Waals surface area contributed by atoms with Gasteiger partial charge in [0.25, 0.3) is 11.1 Å². The van der Waals surface area contributed by atoms with E-state index in [1.54, 1.807) is 7.11 Å². The van der Waals surface area contributed by atoms with Gasteiger partial charge in [0.05, 0.1) is 12.0 Å². The first kappa shape index (κ1) is 21.6. The van der Waals surface area contributed by atoms with Crippen molar-refractivity contribution in [3.8, 4) is 5.75 Å². The van der Waals surface area contributed by atoms with E-state index in [0.29, 0.717) is 18.5 Å². The molecule has 3 amide bonds. The molecule has 1 aromatic heterocycles. The number of hydrogen-bond acceptors (Lipinski definition) is 5. The predicted molar refractivity (Wildman–Crippen MR) is 121 cm³/mol. The van der Waals surface area contributed by atoms with Gasteiger partial charge < -0.3 is 15.0 Å². The Kier molecular flexibility index (Phi) is 6.27. The normalized spacial score (nSPS) is 15.1. The molecular weight excluding hydrogens is 433 g/mol. The lowest BCUT2D eigenvalue weighted by molar-refractivity contribution is -0.129. The molecule has 0 unspecified atom stereocenters. The Morgan fingerprint density at radius 3 is 2.75 bits per heavy atom. The van der Waals surface area contributed by atoms with Gasteiger partial charge in [-0.1, -0.05) is 12.1 Å². The van der Waals surface area contributed by atoms with Gasteiger partial charge in [0.15, 0.2) is 0 Å². The summed E-state index contributed by atoms with van der Waals surface area (Å²) in [4.78, 5) is 41.3. The van der Waals surface area contributed by atoms with E-state index < -0.39 is 17.1 Å². The highest BCUT2D eigenvalue weighted by atomic mass is 32.2. The summed E-state index contributed by atoms with van der Waals surface area (Å²) in [6.07, 6.45) is 3.98. The quantitative estimate of drug-likeness (QED) is 0.532. The van der Waals surface area contributed by atoms with Crippen LogP contribution in [0.4, 0.5) is 9.18 Å². The molecule has 1 fully saturated rings. The van der Waals surface area contributed by atoms with E-state index in [0.717, 1.165) is 38.9 Å². The maximum Gasteiger partial charge on any atom is 0.294 e. The van der Waals surface area contributed by atoms with Crippen molar-refractivity contribution >= 4 is 45.8 Å². The Bertz CT molecular complexity index is 1220. The highest BCUT2D eigenvalue weighted by molar-refractivity contribution is 8.18. The topological polar surface area (TPSA) is 91.5 Å². The van der Waals surface area contributed by atoms with E-state index in [1.807, 2.05) is 24.4 Å². The fourth-order valence-electron chi connectivity index (χ4n) is 3.38. The van der Waals surface area contributed by atoms with E-state index in [4.69, 9.17) is 4.74 Å². The van der Waals surface area contributed by atoms with Gasteiger partial charge in [-0.25, -0.2) is 4.39 Å². The van der Waals surface area contributed by atoms with Gasteiger partial charge in [0.1, 0.15) is 18.1 Å². The maximum absolute atomic E-state index is 13.0. The Morgan fingerprint density at radius 2 is 2.00 bits per heavy atom.